The highest BCUT2D eigenvalue weighted by atomic mass is 28.5. The molecule has 0 amide bonds. The lowest BCUT2D eigenvalue weighted by molar-refractivity contribution is 0.119. The van der Waals surface area contributed by atoms with E-state index in [2.05, 4.69) is 65.5 Å². The summed E-state index contributed by atoms with van der Waals surface area (Å²) in [6, 6.07) is 0.676. The number of aliphatic hydroxyl groups excluding tert-OH is 3. The average Bonchev–Trinajstić information content (AvgIpc) is 2.40. The minimum atomic E-state index is -2.89. The Morgan fingerprint density at radius 2 is 1.21 bits per heavy atom. The molecule has 0 saturated heterocycles. The van der Waals surface area contributed by atoms with E-state index in [0.717, 1.165) is 0 Å². The van der Waals surface area contributed by atoms with Crippen molar-refractivity contribution < 1.29 is 27.7 Å². The van der Waals surface area contributed by atoms with Crippen molar-refractivity contribution in [2.75, 3.05) is 6.61 Å². The van der Waals surface area contributed by atoms with Gasteiger partial charge in [-0.1, -0.05) is 6.58 Å². The summed E-state index contributed by atoms with van der Waals surface area (Å²) in [4.78, 5) is 0. The lowest BCUT2D eigenvalue weighted by Gasteiger charge is -2.43. The first-order valence-corrected chi connectivity index (χ1v) is 22.8. The van der Waals surface area contributed by atoms with Crippen LogP contribution in [-0.2, 0) is 12.3 Å². The van der Waals surface area contributed by atoms with Crippen molar-refractivity contribution in [2.45, 2.75) is 103 Å². The van der Waals surface area contributed by atoms with Crippen molar-refractivity contribution in [3.8, 4) is 0 Å². The zero-order valence-electron chi connectivity index (χ0n) is 20.2. The molecule has 0 aromatic heterocycles. The fourth-order valence-corrected chi connectivity index (χ4v) is 17.7. The monoisotopic (exact) mass is 482 g/mol. The van der Waals surface area contributed by atoms with Crippen molar-refractivity contribution in [3.63, 3.8) is 0 Å². The third-order valence-corrected chi connectivity index (χ3v) is 15.8. The maximum atomic E-state index is 10.5. The minimum Gasteiger partial charge on any atom is -0.417 e. The maximum Gasteiger partial charge on any atom is 0.469 e. The highest BCUT2D eigenvalue weighted by Gasteiger charge is 2.49. The Bertz CT molecular complexity index is 456. The number of aliphatic hydroxyl groups is 3. The summed E-state index contributed by atoms with van der Waals surface area (Å²) < 4.78 is 19.9. The molecule has 10 heteroatoms. The van der Waals surface area contributed by atoms with Crippen molar-refractivity contribution in [2.24, 2.45) is 0 Å². The Hall–Kier alpha value is 0.368. The molecular weight excluding hydrogens is 437 g/mol. The molecule has 29 heavy (non-hydrogen) atoms. The zero-order valence-corrected chi connectivity index (χ0v) is 24.2. The van der Waals surface area contributed by atoms with Crippen LogP contribution in [0.25, 0.3) is 0 Å². The Kier molecular flexibility index (Phi) is 12.0. The zero-order chi connectivity index (χ0) is 23.1. The fourth-order valence-electron chi connectivity index (χ4n) is 3.02. The van der Waals surface area contributed by atoms with E-state index < -0.39 is 46.0 Å². The lowest BCUT2D eigenvalue weighted by Crippen LogP contribution is -2.60. The first-order valence-electron chi connectivity index (χ1n) is 10.6. The third-order valence-electron chi connectivity index (χ3n) is 3.78. The second-order valence-electron chi connectivity index (χ2n) is 10.8. The molecule has 0 rings (SSSR count). The van der Waals surface area contributed by atoms with Crippen LogP contribution in [0.2, 0.25) is 65.0 Å². The summed E-state index contributed by atoms with van der Waals surface area (Å²) in [6.45, 7) is 23.3. The predicted octanol–water partition coefficient (Wildman–Crippen LogP) is 4.31. The standard InChI is InChI=1S/C19H46O6Si4/c1-17(16-18(21)13-14-20)19(22)12-11-15-29(23-26(2,3)4,24-27(5,6)7)25-28(8,9)10/h18-22H,1,11-16H2,2-10H3. The van der Waals surface area contributed by atoms with Gasteiger partial charge in [0.15, 0.2) is 25.0 Å². The fraction of sp³-hybridized carbons (Fsp3) is 0.895. The molecule has 0 aromatic carbocycles. The normalized spacial score (nSPS) is 16.0. The van der Waals surface area contributed by atoms with E-state index in [1.165, 1.54) is 0 Å². The van der Waals surface area contributed by atoms with E-state index in [0.29, 0.717) is 37.3 Å². The lowest BCUT2D eigenvalue weighted by atomic mass is 10.00. The molecule has 174 valence electrons. The van der Waals surface area contributed by atoms with Gasteiger partial charge in [0.2, 0.25) is 0 Å². The van der Waals surface area contributed by atoms with Gasteiger partial charge in [-0.05, 0) is 90.2 Å². The first-order chi connectivity index (χ1) is 12.9. The average molecular weight is 483 g/mol. The summed E-state index contributed by atoms with van der Waals surface area (Å²) in [6.07, 6.45) is 0.462. The molecule has 6 nitrogen and oxygen atoms in total. The molecule has 2 atom stereocenters. The minimum absolute atomic E-state index is 0.0746. The quantitative estimate of drug-likeness (QED) is 0.238. The van der Waals surface area contributed by atoms with Gasteiger partial charge in [0.25, 0.3) is 0 Å². The van der Waals surface area contributed by atoms with Crippen LogP contribution in [-0.4, -0.2) is 67.9 Å². The largest absolute Gasteiger partial charge is 0.469 e. The van der Waals surface area contributed by atoms with Gasteiger partial charge in [0.1, 0.15) is 0 Å². The van der Waals surface area contributed by atoms with Gasteiger partial charge >= 0.3 is 8.80 Å². The Labute approximate surface area is 183 Å². The number of rotatable bonds is 15. The third kappa shape index (κ3) is 14.9. The van der Waals surface area contributed by atoms with Crippen molar-refractivity contribution >= 4 is 33.8 Å². The highest BCUT2D eigenvalue weighted by Crippen LogP contribution is 2.31. The summed E-state index contributed by atoms with van der Waals surface area (Å²) >= 11 is 0. The molecule has 0 aliphatic rings. The van der Waals surface area contributed by atoms with Crippen LogP contribution in [0, 0.1) is 0 Å². The highest BCUT2D eigenvalue weighted by molar-refractivity contribution is 6.90. The second kappa shape index (κ2) is 11.8. The second-order valence-corrected chi connectivity index (χ2v) is 27.8. The van der Waals surface area contributed by atoms with Crippen LogP contribution in [0.1, 0.15) is 25.7 Å². The van der Waals surface area contributed by atoms with E-state index in [4.69, 9.17) is 17.5 Å². The molecule has 3 N–H and O–H groups in total. The molecule has 0 bridgehead atoms. The van der Waals surface area contributed by atoms with Crippen LogP contribution in [0.15, 0.2) is 12.2 Å². The molecule has 0 heterocycles. The number of hydrogen-bond donors (Lipinski definition) is 3. The van der Waals surface area contributed by atoms with E-state index in [9.17, 15) is 10.2 Å². The smallest absolute Gasteiger partial charge is 0.417 e. The van der Waals surface area contributed by atoms with Crippen molar-refractivity contribution in [3.05, 3.63) is 12.2 Å². The molecule has 0 fully saturated rings. The topological polar surface area (TPSA) is 88.4 Å². The van der Waals surface area contributed by atoms with E-state index in [1.54, 1.807) is 0 Å². The van der Waals surface area contributed by atoms with E-state index in [-0.39, 0.29) is 6.61 Å². The van der Waals surface area contributed by atoms with E-state index in [1.807, 2.05) is 0 Å². The van der Waals surface area contributed by atoms with E-state index >= 15 is 0 Å². The van der Waals surface area contributed by atoms with Crippen molar-refractivity contribution in [1.29, 1.82) is 0 Å². The van der Waals surface area contributed by atoms with Gasteiger partial charge in [0.05, 0.1) is 12.2 Å². The summed E-state index contributed by atoms with van der Waals surface area (Å²) in [7, 11) is -8.59. The van der Waals surface area contributed by atoms with Crippen LogP contribution in [0.3, 0.4) is 0 Å². The van der Waals surface area contributed by atoms with Crippen LogP contribution >= 0.6 is 0 Å². The van der Waals surface area contributed by atoms with Crippen LogP contribution in [0.4, 0.5) is 0 Å². The Balaban J connectivity index is 5.26. The molecule has 0 aliphatic carbocycles. The Morgan fingerprint density at radius 3 is 1.55 bits per heavy atom. The van der Waals surface area contributed by atoms with Gasteiger partial charge in [0, 0.05) is 12.7 Å². The van der Waals surface area contributed by atoms with Gasteiger partial charge in [-0.25, -0.2) is 0 Å². The van der Waals surface area contributed by atoms with Gasteiger partial charge in [-0.3, -0.25) is 0 Å². The SMILES string of the molecule is C=C(CC(O)CCO)C(O)CCC[Si](O[Si](C)(C)C)(O[Si](C)(C)C)O[Si](C)(C)C. The number of hydrogen-bond acceptors (Lipinski definition) is 6. The maximum absolute atomic E-state index is 10.5. The Morgan fingerprint density at radius 1 is 0.793 bits per heavy atom. The molecule has 0 spiro atoms. The van der Waals surface area contributed by atoms with Crippen LogP contribution < -0.4 is 0 Å². The summed E-state index contributed by atoms with van der Waals surface area (Å²) in [5.41, 5.74) is 0.599. The molecule has 0 radical (unpaired) electrons. The van der Waals surface area contributed by atoms with Gasteiger partial charge < -0.3 is 27.7 Å². The molecular formula is C19H46O6Si4. The molecule has 0 aliphatic heterocycles. The first kappa shape index (κ1) is 29.4. The molecule has 0 aromatic rings. The van der Waals surface area contributed by atoms with Crippen molar-refractivity contribution in [1.82, 2.24) is 0 Å². The van der Waals surface area contributed by atoms with Gasteiger partial charge in [-0.2, -0.15) is 0 Å². The summed E-state index contributed by atoms with van der Waals surface area (Å²) in [5.74, 6) is 0. The molecule has 2 unspecified atom stereocenters. The summed E-state index contributed by atoms with van der Waals surface area (Å²) in [5, 5.41) is 29.2. The molecule has 0 saturated carbocycles. The van der Waals surface area contributed by atoms with Crippen LogP contribution in [0.5, 0.6) is 0 Å². The van der Waals surface area contributed by atoms with Gasteiger partial charge in [-0.15, -0.1) is 0 Å². The predicted molar refractivity (Wildman–Crippen MR) is 131 cm³/mol.